The number of thiazole rings is 1. The minimum absolute atomic E-state index is 0.199. The summed E-state index contributed by atoms with van der Waals surface area (Å²) in [5, 5.41) is 11.5. The van der Waals surface area contributed by atoms with Gasteiger partial charge in [-0.15, -0.1) is 21.5 Å². The second kappa shape index (κ2) is 7.55. The van der Waals surface area contributed by atoms with Crippen molar-refractivity contribution >= 4 is 17.2 Å². The van der Waals surface area contributed by atoms with Crippen LogP contribution in [0.15, 0.2) is 59.5 Å². The Labute approximate surface area is 159 Å². The fraction of sp³-hybridized carbons (Fsp3) is 0.158. The lowest BCUT2D eigenvalue weighted by molar-refractivity contribution is 0.0954. The Balaban J connectivity index is 1.65. The van der Waals surface area contributed by atoms with Crippen LogP contribution in [0, 0.1) is 0 Å². The van der Waals surface area contributed by atoms with Crippen molar-refractivity contribution in [3.63, 3.8) is 0 Å². The molecule has 0 radical (unpaired) electrons. The monoisotopic (exact) mass is 379 g/mol. The number of carbonyl (C=O) groups excluding carboxylic acids is 1. The van der Waals surface area contributed by atoms with E-state index in [1.54, 1.807) is 18.7 Å². The Bertz CT molecular complexity index is 1040. The number of aromatic nitrogens is 4. The van der Waals surface area contributed by atoms with E-state index in [1.165, 1.54) is 11.3 Å². The van der Waals surface area contributed by atoms with E-state index in [1.807, 2.05) is 47.9 Å². The van der Waals surface area contributed by atoms with E-state index in [0.29, 0.717) is 33.7 Å². The first-order valence-corrected chi connectivity index (χ1v) is 9.33. The van der Waals surface area contributed by atoms with E-state index in [2.05, 4.69) is 20.5 Å². The largest absolute Gasteiger partial charge is 0.462 e. The number of hydrogen-bond acceptors (Lipinski definition) is 6. The normalized spacial score (nSPS) is 10.9. The third-order valence-corrected chi connectivity index (χ3v) is 5.12. The van der Waals surface area contributed by atoms with E-state index in [-0.39, 0.29) is 5.91 Å². The molecule has 8 heteroatoms. The number of carbonyl (C=O) groups is 1. The highest BCUT2D eigenvalue weighted by molar-refractivity contribution is 7.17. The van der Waals surface area contributed by atoms with Crippen LogP contribution in [0.5, 0.6) is 0 Å². The van der Waals surface area contributed by atoms with Crippen molar-refractivity contribution in [2.75, 3.05) is 0 Å². The molecule has 0 atom stereocenters. The lowest BCUT2D eigenvalue weighted by Gasteiger charge is -2.06. The van der Waals surface area contributed by atoms with Gasteiger partial charge in [0.15, 0.2) is 16.6 Å². The van der Waals surface area contributed by atoms with Crippen LogP contribution in [0.4, 0.5) is 0 Å². The minimum atomic E-state index is -0.199. The molecule has 0 saturated carbocycles. The number of amides is 1. The fourth-order valence-corrected chi connectivity index (χ4v) is 3.66. The molecule has 0 aliphatic rings. The first-order chi connectivity index (χ1) is 13.3. The quantitative estimate of drug-likeness (QED) is 0.553. The van der Waals surface area contributed by atoms with Crippen LogP contribution in [0.2, 0.25) is 0 Å². The van der Waals surface area contributed by atoms with Crippen LogP contribution in [0.25, 0.3) is 22.0 Å². The molecule has 136 valence electrons. The molecule has 1 N–H and O–H groups in total. The molecule has 7 nitrogen and oxygen atoms in total. The third kappa shape index (κ3) is 3.52. The molecule has 3 heterocycles. The smallest absolute Gasteiger partial charge is 0.264 e. The van der Waals surface area contributed by atoms with Crippen LogP contribution < -0.4 is 5.32 Å². The molecule has 4 rings (SSSR count). The van der Waals surface area contributed by atoms with Gasteiger partial charge < -0.3 is 14.3 Å². The lowest BCUT2D eigenvalue weighted by Crippen LogP contribution is -2.24. The molecule has 3 aromatic heterocycles. The molecule has 1 amide bonds. The SMILES string of the molecule is CCn1cnnc1CNC(=O)c1sc(-c2ccco2)nc1-c1ccccc1. The van der Waals surface area contributed by atoms with Crippen molar-refractivity contribution in [1.29, 1.82) is 0 Å². The highest BCUT2D eigenvalue weighted by Gasteiger charge is 2.21. The Morgan fingerprint density at radius 2 is 2.07 bits per heavy atom. The molecule has 1 aromatic carbocycles. The van der Waals surface area contributed by atoms with Crippen molar-refractivity contribution in [2.45, 2.75) is 20.0 Å². The van der Waals surface area contributed by atoms with Gasteiger partial charge in [-0.05, 0) is 19.1 Å². The lowest BCUT2D eigenvalue weighted by atomic mass is 10.1. The number of benzene rings is 1. The first-order valence-electron chi connectivity index (χ1n) is 8.51. The predicted molar refractivity (Wildman–Crippen MR) is 102 cm³/mol. The first kappa shape index (κ1) is 17.2. The van der Waals surface area contributed by atoms with Crippen molar-refractivity contribution in [1.82, 2.24) is 25.1 Å². The van der Waals surface area contributed by atoms with Gasteiger partial charge in [0.1, 0.15) is 11.2 Å². The van der Waals surface area contributed by atoms with Crippen LogP contribution in [-0.2, 0) is 13.1 Å². The predicted octanol–water partition coefficient (Wildman–Crippen LogP) is 3.61. The van der Waals surface area contributed by atoms with Gasteiger partial charge in [0, 0.05) is 12.1 Å². The van der Waals surface area contributed by atoms with Gasteiger partial charge >= 0.3 is 0 Å². The molecule has 27 heavy (non-hydrogen) atoms. The van der Waals surface area contributed by atoms with Crippen LogP contribution in [0.1, 0.15) is 22.4 Å². The molecule has 0 saturated heterocycles. The summed E-state index contributed by atoms with van der Waals surface area (Å²) in [7, 11) is 0. The maximum Gasteiger partial charge on any atom is 0.264 e. The zero-order valence-electron chi connectivity index (χ0n) is 14.6. The van der Waals surface area contributed by atoms with E-state index in [4.69, 9.17) is 4.42 Å². The molecule has 0 unspecified atom stereocenters. The average molecular weight is 379 g/mol. The number of hydrogen-bond donors (Lipinski definition) is 1. The summed E-state index contributed by atoms with van der Waals surface area (Å²) >= 11 is 1.31. The van der Waals surface area contributed by atoms with E-state index < -0.39 is 0 Å². The van der Waals surface area contributed by atoms with Crippen molar-refractivity contribution in [3.05, 3.63) is 65.8 Å². The summed E-state index contributed by atoms with van der Waals surface area (Å²) in [6.07, 6.45) is 3.24. The van der Waals surface area contributed by atoms with Crippen molar-refractivity contribution < 1.29 is 9.21 Å². The third-order valence-electron chi connectivity index (χ3n) is 4.06. The second-order valence-electron chi connectivity index (χ2n) is 5.76. The number of nitrogens with one attached hydrogen (secondary N) is 1. The molecule has 0 bridgehead atoms. The molecule has 4 aromatic rings. The molecule has 0 fully saturated rings. The highest BCUT2D eigenvalue weighted by Crippen LogP contribution is 2.34. The number of aryl methyl sites for hydroxylation is 1. The number of furan rings is 1. The summed E-state index contributed by atoms with van der Waals surface area (Å²) < 4.78 is 7.34. The Morgan fingerprint density at radius 3 is 2.81 bits per heavy atom. The average Bonchev–Trinajstić information content (AvgIpc) is 3.46. The van der Waals surface area contributed by atoms with Gasteiger partial charge in [-0.3, -0.25) is 4.79 Å². The Hall–Kier alpha value is -3.26. The summed E-state index contributed by atoms with van der Waals surface area (Å²) in [5.74, 6) is 1.15. The van der Waals surface area contributed by atoms with Gasteiger partial charge in [0.25, 0.3) is 5.91 Å². The zero-order chi connectivity index (χ0) is 18.6. The van der Waals surface area contributed by atoms with Gasteiger partial charge in [0.05, 0.1) is 18.5 Å². The van der Waals surface area contributed by atoms with Crippen molar-refractivity contribution in [3.8, 4) is 22.0 Å². The van der Waals surface area contributed by atoms with Crippen LogP contribution >= 0.6 is 11.3 Å². The summed E-state index contributed by atoms with van der Waals surface area (Å²) in [5.41, 5.74) is 1.52. The molecule has 0 aliphatic heterocycles. The number of rotatable bonds is 6. The standard InChI is InChI=1S/C19H17N5O2S/c1-2-24-12-21-23-15(24)11-20-18(25)17-16(13-7-4-3-5-8-13)22-19(27-17)14-9-6-10-26-14/h3-10,12H,2,11H2,1H3,(H,20,25). The van der Waals surface area contributed by atoms with Crippen molar-refractivity contribution in [2.24, 2.45) is 0 Å². The zero-order valence-corrected chi connectivity index (χ0v) is 15.4. The van der Waals surface area contributed by atoms with Crippen LogP contribution in [-0.4, -0.2) is 25.7 Å². The molecule has 0 aliphatic carbocycles. The summed E-state index contributed by atoms with van der Waals surface area (Å²) in [6, 6.07) is 13.3. The second-order valence-corrected chi connectivity index (χ2v) is 6.76. The van der Waals surface area contributed by atoms with Gasteiger partial charge in [-0.25, -0.2) is 4.98 Å². The Kier molecular flexibility index (Phi) is 4.80. The van der Waals surface area contributed by atoms with E-state index >= 15 is 0 Å². The Morgan fingerprint density at radius 1 is 1.22 bits per heavy atom. The highest BCUT2D eigenvalue weighted by atomic mass is 32.1. The molecule has 0 spiro atoms. The van der Waals surface area contributed by atoms with Gasteiger partial charge in [0.2, 0.25) is 0 Å². The van der Waals surface area contributed by atoms with E-state index in [0.717, 1.165) is 12.1 Å². The summed E-state index contributed by atoms with van der Waals surface area (Å²) in [4.78, 5) is 18.1. The van der Waals surface area contributed by atoms with E-state index in [9.17, 15) is 4.79 Å². The minimum Gasteiger partial charge on any atom is -0.462 e. The van der Waals surface area contributed by atoms with Gasteiger partial charge in [-0.2, -0.15) is 0 Å². The fourth-order valence-electron chi connectivity index (χ4n) is 2.69. The van der Waals surface area contributed by atoms with Crippen LogP contribution in [0.3, 0.4) is 0 Å². The molecular formula is C19H17N5O2S. The maximum absolute atomic E-state index is 12.9. The topological polar surface area (TPSA) is 85.8 Å². The molecular weight excluding hydrogens is 362 g/mol. The summed E-state index contributed by atoms with van der Waals surface area (Å²) in [6.45, 7) is 3.05. The number of nitrogens with zero attached hydrogens (tertiary/aromatic N) is 4. The van der Waals surface area contributed by atoms with Gasteiger partial charge in [-0.1, -0.05) is 30.3 Å². The maximum atomic E-state index is 12.9.